The van der Waals surface area contributed by atoms with Gasteiger partial charge >= 0.3 is 11.8 Å². The monoisotopic (exact) mass is 316 g/mol. The maximum absolute atomic E-state index is 13.0. The third-order valence-corrected chi connectivity index (χ3v) is 3.26. The van der Waals surface area contributed by atoms with Crippen LogP contribution >= 0.6 is 0 Å². The second kappa shape index (κ2) is 7.40. The van der Waals surface area contributed by atoms with Gasteiger partial charge in [-0.3, -0.25) is 9.59 Å². The number of ether oxygens (including phenoxy) is 1. The van der Waals surface area contributed by atoms with Crippen LogP contribution in [0.4, 0.5) is 10.1 Å². The number of aryl methyl sites for hydroxylation is 1. The summed E-state index contributed by atoms with van der Waals surface area (Å²) in [6.45, 7) is 1.87. The molecule has 2 aromatic carbocycles. The summed E-state index contributed by atoms with van der Waals surface area (Å²) in [6, 6.07) is 11.0. The van der Waals surface area contributed by atoms with E-state index in [1.807, 2.05) is 0 Å². The zero-order chi connectivity index (χ0) is 16.8. The molecule has 0 radical (unpaired) electrons. The van der Waals surface area contributed by atoms with Gasteiger partial charge in [0.25, 0.3) is 0 Å². The number of hydrogen-bond acceptors (Lipinski definition) is 3. The Morgan fingerprint density at radius 1 is 1.09 bits per heavy atom. The predicted octanol–water partition coefficient (Wildman–Crippen LogP) is 2.40. The summed E-state index contributed by atoms with van der Waals surface area (Å²) >= 11 is 0. The number of halogens is 1. The van der Waals surface area contributed by atoms with Gasteiger partial charge in [0.1, 0.15) is 11.6 Å². The highest BCUT2D eigenvalue weighted by atomic mass is 19.1. The molecule has 0 aliphatic carbocycles. The maximum atomic E-state index is 13.0. The quantitative estimate of drug-likeness (QED) is 0.851. The molecule has 2 amide bonds. The minimum Gasteiger partial charge on any atom is -0.497 e. The Morgan fingerprint density at radius 2 is 1.78 bits per heavy atom. The first-order valence-electron chi connectivity index (χ1n) is 6.98. The van der Waals surface area contributed by atoms with Crippen molar-refractivity contribution in [2.45, 2.75) is 13.5 Å². The van der Waals surface area contributed by atoms with Gasteiger partial charge in [0.05, 0.1) is 7.11 Å². The molecule has 120 valence electrons. The van der Waals surface area contributed by atoms with Gasteiger partial charge in [-0.25, -0.2) is 4.39 Å². The lowest BCUT2D eigenvalue weighted by molar-refractivity contribution is -0.136. The van der Waals surface area contributed by atoms with Crippen molar-refractivity contribution in [1.29, 1.82) is 0 Å². The van der Waals surface area contributed by atoms with E-state index in [1.54, 1.807) is 38.3 Å². The van der Waals surface area contributed by atoms with Crippen molar-refractivity contribution in [2.75, 3.05) is 12.4 Å². The summed E-state index contributed by atoms with van der Waals surface area (Å²) in [5, 5.41) is 4.98. The molecule has 6 heteroatoms. The third kappa shape index (κ3) is 4.54. The summed E-state index contributed by atoms with van der Waals surface area (Å²) in [6.07, 6.45) is 0. The van der Waals surface area contributed by atoms with Crippen LogP contribution in [0.2, 0.25) is 0 Å². The van der Waals surface area contributed by atoms with Gasteiger partial charge in [0.2, 0.25) is 0 Å². The first kappa shape index (κ1) is 16.5. The maximum Gasteiger partial charge on any atom is 0.313 e. The van der Waals surface area contributed by atoms with E-state index in [4.69, 9.17) is 4.74 Å². The van der Waals surface area contributed by atoms with Crippen molar-refractivity contribution in [3.8, 4) is 5.75 Å². The van der Waals surface area contributed by atoms with Crippen LogP contribution in [0.3, 0.4) is 0 Å². The number of anilines is 1. The second-order valence-corrected chi connectivity index (χ2v) is 4.94. The molecule has 2 aromatic rings. The normalized spacial score (nSPS) is 10.0. The number of methoxy groups -OCH3 is 1. The minimum absolute atomic E-state index is 0.221. The Balaban J connectivity index is 1.90. The molecule has 0 saturated heterocycles. The molecule has 23 heavy (non-hydrogen) atoms. The van der Waals surface area contributed by atoms with Crippen LogP contribution in [0.25, 0.3) is 0 Å². The number of rotatable bonds is 4. The molecule has 0 unspecified atom stereocenters. The number of hydrogen-bond donors (Lipinski definition) is 2. The second-order valence-electron chi connectivity index (χ2n) is 4.94. The van der Waals surface area contributed by atoms with E-state index in [9.17, 15) is 14.0 Å². The summed E-state index contributed by atoms with van der Waals surface area (Å²) in [7, 11) is 1.57. The predicted molar refractivity (Wildman–Crippen MR) is 84.6 cm³/mol. The lowest BCUT2D eigenvalue weighted by atomic mass is 10.2. The van der Waals surface area contributed by atoms with Gasteiger partial charge in [-0.2, -0.15) is 0 Å². The van der Waals surface area contributed by atoms with Gasteiger partial charge < -0.3 is 15.4 Å². The van der Waals surface area contributed by atoms with Gasteiger partial charge in [-0.15, -0.1) is 0 Å². The van der Waals surface area contributed by atoms with Crippen LogP contribution < -0.4 is 15.4 Å². The summed E-state index contributed by atoms with van der Waals surface area (Å²) in [5.41, 5.74) is 1.78. The standard InChI is InChI=1S/C17H17FN2O3/c1-11-9-13(18)5-8-15(11)20-17(22)16(21)19-10-12-3-6-14(23-2)7-4-12/h3-9H,10H2,1-2H3,(H,19,21)(H,20,22). The SMILES string of the molecule is COc1ccc(CNC(=O)C(=O)Nc2ccc(F)cc2C)cc1. The van der Waals surface area contributed by atoms with Crippen molar-refractivity contribution in [3.63, 3.8) is 0 Å². The van der Waals surface area contributed by atoms with Crippen molar-refractivity contribution in [2.24, 2.45) is 0 Å². The minimum atomic E-state index is -0.798. The molecular weight excluding hydrogens is 299 g/mol. The number of amides is 2. The first-order valence-corrected chi connectivity index (χ1v) is 6.98. The zero-order valence-corrected chi connectivity index (χ0v) is 12.9. The van der Waals surface area contributed by atoms with Gasteiger partial charge in [0, 0.05) is 12.2 Å². The van der Waals surface area contributed by atoms with Gasteiger partial charge in [-0.1, -0.05) is 12.1 Å². The fraction of sp³-hybridized carbons (Fsp3) is 0.176. The van der Waals surface area contributed by atoms with Gasteiger partial charge in [-0.05, 0) is 48.4 Å². The average Bonchev–Trinajstić information content (AvgIpc) is 2.55. The average molecular weight is 316 g/mol. The molecule has 0 bridgehead atoms. The van der Waals surface area contributed by atoms with Crippen molar-refractivity contribution >= 4 is 17.5 Å². The van der Waals surface area contributed by atoms with Crippen LogP contribution in [-0.4, -0.2) is 18.9 Å². The lowest BCUT2D eigenvalue weighted by Gasteiger charge is -2.09. The summed E-state index contributed by atoms with van der Waals surface area (Å²) < 4.78 is 18.0. The fourth-order valence-electron chi connectivity index (χ4n) is 1.95. The molecule has 2 N–H and O–H groups in total. The number of benzene rings is 2. The molecule has 0 saturated carbocycles. The number of carbonyl (C=O) groups is 2. The largest absolute Gasteiger partial charge is 0.497 e. The molecule has 5 nitrogen and oxygen atoms in total. The molecule has 0 spiro atoms. The van der Waals surface area contributed by atoms with E-state index in [0.29, 0.717) is 17.0 Å². The van der Waals surface area contributed by atoms with Crippen molar-refractivity contribution in [1.82, 2.24) is 5.32 Å². The highest BCUT2D eigenvalue weighted by molar-refractivity contribution is 6.39. The van der Waals surface area contributed by atoms with E-state index >= 15 is 0 Å². The Bertz CT molecular complexity index is 714. The van der Waals surface area contributed by atoms with E-state index in [1.165, 1.54) is 18.2 Å². The van der Waals surface area contributed by atoms with Gasteiger partial charge in [0.15, 0.2) is 0 Å². The van der Waals surface area contributed by atoms with Crippen LogP contribution in [0.5, 0.6) is 5.75 Å². The fourth-order valence-corrected chi connectivity index (χ4v) is 1.95. The molecule has 0 atom stereocenters. The Kier molecular flexibility index (Phi) is 5.30. The highest BCUT2D eigenvalue weighted by Crippen LogP contribution is 2.15. The van der Waals surface area contributed by atoms with Crippen LogP contribution in [-0.2, 0) is 16.1 Å². The van der Waals surface area contributed by atoms with Crippen molar-refractivity contribution < 1.29 is 18.7 Å². The number of nitrogens with one attached hydrogen (secondary N) is 2. The molecule has 0 aliphatic heterocycles. The summed E-state index contributed by atoms with van der Waals surface area (Å²) in [4.78, 5) is 23.6. The van der Waals surface area contributed by atoms with Crippen LogP contribution in [0.1, 0.15) is 11.1 Å². The number of carbonyl (C=O) groups excluding carboxylic acids is 2. The smallest absolute Gasteiger partial charge is 0.313 e. The molecule has 2 rings (SSSR count). The van der Waals surface area contributed by atoms with E-state index in [0.717, 1.165) is 5.56 Å². The molecular formula is C17H17FN2O3. The third-order valence-electron chi connectivity index (χ3n) is 3.26. The Morgan fingerprint density at radius 3 is 2.39 bits per heavy atom. The topological polar surface area (TPSA) is 67.4 Å². The van der Waals surface area contributed by atoms with Crippen molar-refractivity contribution in [3.05, 3.63) is 59.4 Å². The summed E-state index contributed by atoms with van der Waals surface area (Å²) in [5.74, 6) is -1.24. The Labute approximate surface area is 133 Å². The van der Waals surface area contributed by atoms with E-state index in [2.05, 4.69) is 10.6 Å². The molecule has 0 fully saturated rings. The van der Waals surface area contributed by atoms with E-state index in [-0.39, 0.29) is 6.54 Å². The Hall–Kier alpha value is -2.89. The highest BCUT2D eigenvalue weighted by Gasteiger charge is 2.14. The molecule has 0 heterocycles. The molecule has 0 aromatic heterocycles. The van der Waals surface area contributed by atoms with Crippen LogP contribution in [0, 0.1) is 12.7 Å². The molecule has 0 aliphatic rings. The zero-order valence-electron chi connectivity index (χ0n) is 12.9. The first-order chi connectivity index (χ1) is 11.0. The van der Waals surface area contributed by atoms with Crippen LogP contribution in [0.15, 0.2) is 42.5 Å². The lowest BCUT2D eigenvalue weighted by Crippen LogP contribution is -2.35. The van der Waals surface area contributed by atoms with E-state index < -0.39 is 17.6 Å².